The van der Waals surface area contributed by atoms with Crippen LogP contribution in [0.2, 0.25) is 0 Å². The van der Waals surface area contributed by atoms with E-state index in [4.69, 9.17) is 9.84 Å². The van der Waals surface area contributed by atoms with E-state index in [1.807, 2.05) is 6.92 Å². The summed E-state index contributed by atoms with van der Waals surface area (Å²) >= 11 is 0. The fraction of sp³-hybridized carbons (Fsp3) is 0.467. The van der Waals surface area contributed by atoms with E-state index in [1.165, 1.54) is 4.90 Å². The number of nitrogens with zero attached hydrogens (tertiary/aromatic N) is 1. The normalized spacial score (nSPS) is 18.4. The van der Waals surface area contributed by atoms with Gasteiger partial charge in [-0.3, -0.25) is 14.5 Å². The summed E-state index contributed by atoms with van der Waals surface area (Å²) in [7, 11) is 1.62. The highest BCUT2D eigenvalue weighted by Gasteiger charge is 2.23. The van der Waals surface area contributed by atoms with Gasteiger partial charge < -0.3 is 15.2 Å². The zero-order chi connectivity index (χ0) is 15.6. The number of ketones is 1. The summed E-state index contributed by atoms with van der Waals surface area (Å²) in [5.74, 6) is -0.328. The van der Waals surface area contributed by atoms with E-state index in [9.17, 15) is 9.59 Å². The van der Waals surface area contributed by atoms with Gasteiger partial charge in [-0.2, -0.15) is 0 Å². The van der Waals surface area contributed by atoms with E-state index in [-0.39, 0.29) is 18.4 Å². The molecule has 0 aromatic heterocycles. The summed E-state index contributed by atoms with van der Waals surface area (Å²) in [4.78, 5) is 24.6. The second-order valence-electron chi connectivity index (χ2n) is 5.37. The molecule has 0 spiro atoms. The fourth-order valence-electron chi connectivity index (χ4n) is 2.23. The van der Waals surface area contributed by atoms with Crippen molar-refractivity contribution in [2.75, 3.05) is 25.5 Å². The Morgan fingerprint density at radius 2 is 2.24 bits per heavy atom. The first-order chi connectivity index (χ1) is 9.88. The summed E-state index contributed by atoms with van der Waals surface area (Å²) in [6.07, 6.45) is 0.0969. The van der Waals surface area contributed by atoms with Crippen LogP contribution < -0.4 is 10.1 Å². The van der Waals surface area contributed by atoms with E-state index in [0.29, 0.717) is 12.1 Å². The lowest BCUT2D eigenvalue weighted by Gasteiger charge is -2.26. The number of hydrogen-bond donors (Lipinski definition) is 2. The Bertz CT molecular complexity index is 559. The molecule has 1 heterocycles. The van der Waals surface area contributed by atoms with Crippen molar-refractivity contribution >= 4 is 17.4 Å². The number of fused-ring (bicyclic) bond motifs is 1. The molecule has 6 heteroatoms. The molecule has 0 fully saturated rings. The summed E-state index contributed by atoms with van der Waals surface area (Å²) in [5, 5.41) is 12.0. The zero-order valence-corrected chi connectivity index (χ0v) is 12.4. The average Bonchev–Trinajstić information content (AvgIpc) is 2.44. The maximum atomic E-state index is 12.4. The molecule has 1 aliphatic rings. The maximum absolute atomic E-state index is 12.4. The Morgan fingerprint density at radius 1 is 1.52 bits per heavy atom. The first kappa shape index (κ1) is 15.3. The molecule has 114 valence electrons. The molecular weight excluding hydrogens is 272 g/mol. The number of nitrogens with one attached hydrogen (secondary N) is 1. The van der Waals surface area contributed by atoms with Gasteiger partial charge in [0.1, 0.15) is 11.9 Å². The minimum absolute atomic E-state index is 0.0969. The molecule has 0 saturated carbocycles. The molecule has 0 amide bonds. The zero-order valence-electron chi connectivity index (χ0n) is 12.4. The van der Waals surface area contributed by atoms with Gasteiger partial charge in [-0.15, -0.1) is 0 Å². The smallest absolute Gasteiger partial charge is 0.317 e. The summed E-state index contributed by atoms with van der Waals surface area (Å²) in [6, 6.07) is 4.75. The third-order valence-electron chi connectivity index (χ3n) is 3.60. The Balaban J connectivity index is 2.14. The van der Waals surface area contributed by atoms with Gasteiger partial charge >= 0.3 is 5.97 Å². The number of aliphatic carboxylic acids is 1. The number of carboxylic acids is 1. The van der Waals surface area contributed by atoms with E-state index < -0.39 is 12.0 Å². The van der Waals surface area contributed by atoms with Gasteiger partial charge in [0.15, 0.2) is 5.78 Å². The largest absolute Gasteiger partial charge is 0.487 e. The van der Waals surface area contributed by atoms with Gasteiger partial charge in [0, 0.05) is 5.56 Å². The molecule has 1 aromatic rings. The number of likely N-dealkylation sites (N-methyl/N-ethyl adjacent to an activating group) is 1. The minimum atomic E-state index is -0.952. The number of hydrogen-bond acceptors (Lipinski definition) is 5. The Kier molecular flexibility index (Phi) is 4.47. The molecule has 2 N–H and O–H groups in total. The molecule has 0 radical (unpaired) electrons. The highest BCUT2D eigenvalue weighted by Crippen LogP contribution is 2.30. The number of carbonyl (C=O) groups excluding carboxylic acids is 1. The van der Waals surface area contributed by atoms with E-state index in [0.717, 1.165) is 11.4 Å². The van der Waals surface area contributed by atoms with Gasteiger partial charge in [-0.1, -0.05) is 0 Å². The number of rotatable bonds is 5. The van der Waals surface area contributed by atoms with E-state index in [2.05, 4.69) is 5.32 Å². The van der Waals surface area contributed by atoms with Crippen molar-refractivity contribution in [3.05, 3.63) is 23.8 Å². The number of Topliss-reactive ketones (excluding diaryl/α,β-unsaturated/α-hetero) is 1. The van der Waals surface area contributed by atoms with Crippen LogP contribution in [0.5, 0.6) is 5.75 Å². The molecule has 0 saturated heterocycles. The molecule has 1 aliphatic heterocycles. The van der Waals surface area contributed by atoms with Crippen LogP contribution in [0.1, 0.15) is 24.2 Å². The molecule has 2 unspecified atom stereocenters. The van der Waals surface area contributed by atoms with E-state index >= 15 is 0 Å². The quantitative estimate of drug-likeness (QED) is 0.800. The lowest BCUT2D eigenvalue weighted by atomic mass is 10.0. The topological polar surface area (TPSA) is 78.9 Å². The number of ether oxygens (including phenoxy) is 1. The molecule has 1 aromatic carbocycles. The molecule has 0 bridgehead atoms. The van der Waals surface area contributed by atoms with Crippen molar-refractivity contribution in [3.8, 4) is 5.75 Å². The second kappa shape index (κ2) is 6.13. The van der Waals surface area contributed by atoms with Crippen molar-refractivity contribution in [1.82, 2.24) is 4.90 Å². The number of carboxylic acid groups (broad SMARTS) is 1. The van der Waals surface area contributed by atoms with Crippen LogP contribution in [-0.4, -0.2) is 54.0 Å². The lowest BCUT2D eigenvalue weighted by Crippen LogP contribution is -2.39. The van der Waals surface area contributed by atoms with Gasteiger partial charge in [0.2, 0.25) is 0 Å². The summed E-state index contributed by atoms with van der Waals surface area (Å²) in [6.45, 7) is 4.20. The minimum Gasteiger partial charge on any atom is -0.487 e. The van der Waals surface area contributed by atoms with Gasteiger partial charge in [0.05, 0.1) is 24.8 Å². The first-order valence-electron chi connectivity index (χ1n) is 6.89. The predicted octanol–water partition coefficient (Wildman–Crippen LogP) is 1.47. The van der Waals surface area contributed by atoms with Crippen molar-refractivity contribution in [2.45, 2.75) is 26.0 Å². The SMILES string of the molecule is CC1CNc2cc(C(=O)C(C)N(C)CC(=O)O)ccc2O1. The fourth-order valence-corrected chi connectivity index (χ4v) is 2.23. The maximum Gasteiger partial charge on any atom is 0.317 e. The Morgan fingerprint density at radius 3 is 2.90 bits per heavy atom. The lowest BCUT2D eigenvalue weighted by molar-refractivity contribution is -0.138. The molecular formula is C15H20N2O4. The first-order valence-corrected chi connectivity index (χ1v) is 6.89. The summed E-state index contributed by atoms with van der Waals surface area (Å²) < 4.78 is 5.67. The van der Waals surface area contributed by atoms with Crippen molar-refractivity contribution in [2.24, 2.45) is 0 Å². The van der Waals surface area contributed by atoms with Crippen LogP contribution >= 0.6 is 0 Å². The Labute approximate surface area is 123 Å². The van der Waals surface area contributed by atoms with Gasteiger partial charge in [0.25, 0.3) is 0 Å². The van der Waals surface area contributed by atoms with E-state index in [1.54, 1.807) is 32.2 Å². The third-order valence-corrected chi connectivity index (χ3v) is 3.60. The highest BCUT2D eigenvalue weighted by molar-refractivity contribution is 6.01. The van der Waals surface area contributed by atoms with Crippen molar-refractivity contribution in [1.29, 1.82) is 0 Å². The van der Waals surface area contributed by atoms with Crippen LogP contribution in [0, 0.1) is 0 Å². The number of benzene rings is 1. The van der Waals surface area contributed by atoms with Crippen molar-refractivity contribution < 1.29 is 19.4 Å². The predicted molar refractivity (Wildman–Crippen MR) is 79.1 cm³/mol. The van der Waals surface area contributed by atoms with Crippen LogP contribution in [0.25, 0.3) is 0 Å². The highest BCUT2D eigenvalue weighted by atomic mass is 16.5. The Hall–Kier alpha value is -2.08. The second-order valence-corrected chi connectivity index (χ2v) is 5.37. The van der Waals surface area contributed by atoms with Crippen LogP contribution in [-0.2, 0) is 4.79 Å². The monoisotopic (exact) mass is 292 g/mol. The molecule has 2 rings (SSSR count). The third kappa shape index (κ3) is 3.52. The standard InChI is InChI=1S/C15H20N2O4/c1-9-7-16-12-6-11(4-5-13(12)21-9)15(20)10(2)17(3)8-14(18)19/h4-6,9-10,16H,7-8H2,1-3H3,(H,18,19). The molecule has 6 nitrogen and oxygen atoms in total. The van der Waals surface area contributed by atoms with Crippen LogP contribution in [0.3, 0.4) is 0 Å². The van der Waals surface area contributed by atoms with Crippen LogP contribution in [0.4, 0.5) is 5.69 Å². The average molecular weight is 292 g/mol. The van der Waals surface area contributed by atoms with Gasteiger partial charge in [-0.05, 0) is 39.1 Å². The molecule has 0 aliphatic carbocycles. The van der Waals surface area contributed by atoms with Gasteiger partial charge in [-0.25, -0.2) is 0 Å². The summed E-state index contributed by atoms with van der Waals surface area (Å²) in [5.41, 5.74) is 1.34. The van der Waals surface area contributed by atoms with Crippen molar-refractivity contribution in [3.63, 3.8) is 0 Å². The molecule has 2 atom stereocenters. The number of carbonyl (C=O) groups is 2. The molecule has 21 heavy (non-hydrogen) atoms. The number of anilines is 1. The van der Waals surface area contributed by atoms with Crippen LogP contribution in [0.15, 0.2) is 18.2 Å².